The Morgan fingerprint density at radius 2 is 1.05 bits per heavy atom. The molecule has 10 atom stereocenters. The number of nitrogens with one attached hydrogen (secondary N) is 10. The Labute approximate surface area is 470 Å². The fourth-order valence-corrected chi connectivity index (χ4v) is 7.45. The summed E-state index contributed by atoms with van der Waals surface area (Å²) >= 11 is 0. The first-order valence-electron chi connectivity index (χ1n) is 25.7. The number of hydrogen-bond donors (Lipinski definition) is 20. The van der Waals surface area contributed by atoms with Gasteiger partial charge in [0.15, 0.2) is 6.04 Å². The Kier molecular flexibility index (Phi) is 31.0. The summed E-state index contributed by atoms with van der Waals surface area (Å²) in [5, 5.41) is 88.4. The van der Waals surface area contributed by atoms with Crippen LogP contribution in [0.4, 0.5) is 0 Å². The van der Waals surface area contributed by atoms with E-state index < -0.39 is 182 Å². The van der Waals surface area contributed by atoms with Gasteiger partial charge < -0.3 is 89.3 Å². The fraction of sp³-hybridized carbons (Fsp3) is 0.571. The number of aliphatic hydroxyl groups excluding tert-OH is 2. The van der Waals surface area contributed by atoms with Crippen molar-refractivity contribution in [1.82, 2.24) is 47.9 Å². The summed E-state index contributed by atoms with van der Waals surface area (Å²) < 4.78 is 0. The van der Waals surface area contributed by atoms with E-state index >= 15 is 0 Å². The van der Waals surface area contributed by atoms with Gasteiger partial charge in [0.25, 0.3) is 5.91 Å². The van der Waals surface area contributed by atoms with Crippen LogP contribution in [0.2, 0.25) is 0 Å². The molecule has 0 saturated carbocycles. The van der Waals surface area contributed by atoms with E-state index in [1.165, 1.54) is 24.3 Å². The van der Waals surface area contributed by atoms with Crippen LogP contribution in [0.1, 0.15) is 91.5 Å². The number of nitrogens with two attached hydrogens (primary N) is 2. The number of guanidine groups is 1. The molecule has 0 unspecified atom stereocenters. The number of phenols is 1. The van der Waals surface area contributed by atoms with Crippen LogP contribution < -0.4 is 70.0 Å². The molecule has 0 aliphatic carbocycles. The minimum atomic E-state index is -1.98. The summed E-state index contributed by atoms with van der Waals surface area (Å²) in [6.45, 7) is 5.82. The van der Waals surface area contributed by atoms with E-state index in [2.05, 4.69) is 53.3 Å². The summed E-state index contributed by atoms with van der Waals surface area (Å²) in [5.41, 5.74) is 14.9. The molecule has 0 fully saturated rings. The van der Waals surface area contributed by atoms with Crippen molar-refractivity contribution in [3.05, 3.63) is 36.2 Å². The SMILES string of the molecule is CC(C)C[C@H](NC(=O)[C@@H](NC(=O)[C@H](CCC[NH+]=C(N)N)NC(=O)CNC(=O)[C@H](CC(=O)O)NC(=O)[C@H](CCC(=O)O)NC(=O)[C@@H]([NH3+])CC(C)C)[C@@H](C)O)C(=O)N[C@@H](CO)C(=O)N[C@@H](CC(=O)O)C(=O)N[C@@H]([CH-]c1ccc(O)cc1)C(=O)O. The molecule has 33 heteroatoms. The molecule has 0 aliphatic rings. The zero-order chi connectivity index (χ0) is 62.6. The first-order chi connectivity index (χ1) is 38.2. The second-order valence-electron chi connectivity index (χ2n) is 19.7. The summed E-state index contributed by atoms with van der Waals surface area (Å²) in [6, 6.07) is -10.00. The van der Waals surface area contributed by atoms with Gasteiger partial charge in [-0.05, 0) is 44.4 Å². The van der Waals surface area contributed by atoms with Gasteiger partial charge in [-0.15, -0.1) is 0 Å². The fourth-order valence-electron chi connectivity index (χ4n) is 7.45. The first kappa shape index (κ1) is 71.2. The Balaban J connectivity index is 3.32. The highest BCUT2D eigenvalue weighted by molar-refractivity contribution is 5.99. The predicted octanol–water partition coefficient (Wildman–Crippen LogP) is -8.95. The van der Waals surface area contributed by atoms with Crippen molar-refractivity contribution in [2.75, 3.05) is 19.7 Å². The number of carbonyl (C=O) groups is 13. The smallest absolute Gasteiger partial charge is 0.338 e. The topological polar surface area (TPSA) is 565 Å². The largest absolute Gasteiger partial charge is 0.510 e. The van der Waals surface area contributed by atoms with E-state index in [9.17, 15) is 98.1 Å². The lowest BCUT2D eigenvalue weighted by molar-refractivity contribution is -0.459. The summed E-state index contributed by atoms with van der Waals surface area (Å²) in [7, 11) is 0. The Hall–Kier alpha value is -8.85. The lowest BCUT2D eigenvalue weighted by Gasteiger charge is -2.28. The normalized spacial score (nSPS) is 14.6. The van der Waals surface area contributed by atoms with Crippen LogP contribution in [0.15, 0.2) is 24.3 Å². The van der Waals surface area contributed by atoms with Crippen LogP contribution >= 0.6 is 0 Å². The van der Waals surface area contributed by atoms with E-state index in [1.54, 1.807) is 13.8 Å². The minimum Gasteiger partial charge on any atom is -0.510 e. The molecule has 9 amide bonds. The molecule has 1 aromatic carbocycles. The zero-order valence-corrected chi connectivity index (χ0v) is 45.9. The number of aliphatic hydroxyl groups is 2. The molecule has 24 N–H and O–H groups in total. The number of rotatable bonds is 38. The van der Waals surface area contributed by atoms with Crippen molar-refractivity contribution in [2.45, 2.75) is 146 Å². The minimum absolute atomic E-state index is 0.0124. The molecule has 33 nitrogen and oxygen atoms in total. The molecule has 0 radical (unpaired) electrons. The van der Waals surface area contributed by atoms with E-state index in [-0.39, 0.29) is 49.0 Å². The number of aliphatic carboxylic acids is 4. The van der Waals surface area contributed by atoms with Crippen LogP contribution in [0, 0.1) is 18.3 Å². The van der Waals surface area contributed by atoms with Crippen LogP contribution in [-0.4, -0.2) is 199 Å². The van der Waals surface area contributed by atoms with Gasteiger partial charge in [0.2, 0.25) is 47.3 Å². The summed E-state index contributed by atoms with van der Waals surface area (Å²) in [4.78, 5) is 170. The highest BCUT2D eigenvalue weighted by Gasteiger charge is 2.36. The highest BCUT2D eigenvalue weighted by atomic mass is 16.4. The molecule has 0 aromatic heterocycles. The molecule has 0 spiro atoms. The molecule has 1 rings (SSSR count). The molecule has 0 heterocycles. The van der Waals surface area contributed by atoms with Gasteiger partial charge in [-0.25, -0.2) is 0 Å². The molecule has 0 bridgehead atoms. The second-order valence-corrected chi connectivity index (χ2v) is 19.7. The monoisotopic (exact) mass is 1170 g/mol. The molecule has 0 saturated heterocycles. The van der Waals surface area contributed by atoms with Crippen molar-refractivity contribution in [3.63, 3.8) is 0 Å². The van der Waals surface area contributed by atoms with Gasteiger partial charge in [0, 0.05) is 12.8 Å². The number of carbonyl (C=O) groups excluding carboxylic acids is 9. The number of amides is 9. The van der Waals surface area contributed by atoms with Gasteiger partial charge in [0.05, 0.1) is 44.4 Å². The average molecular weight is 1170 g/mol. The van der Waals surface area contributed by atoms with Gasteiger partial charge in [0.1, 0.15) is 48.3 Å². The maximum Gasteiger partial charge on any atom is 0.338 e. The number of hydrogen-bond acceptors (Lipinski definition) is 16. The third kappa shape index (κ3) is 27.8. The average Bonchev–Trinajstić information content (AvgIpc) is 3.40. The zero-order valence-electron chi connectivity index (χ0n) is 45.9. The first-order valence-corrected chi connectivity index (χ1v) is 25.7. The van der Waals surface area contributed by atoms with Crippen LogP contribution in [-0.2, 0) is 62.3 Å². The maximum atomic E-state index is 13.9. The quantitative estimate of drug-likeness (QED) is 0.0127. The predicted molar refractivity (Wildman–Crippen MR) is 282 cm³/mol. The van der Waals surface area contributed by atoms with Gasteiger partial charge >= 0.3 is 29.8 Å². The highest BCUT2D eigenvalue weighted by Crippen LogP contribution is 2.14. The standard InChI is InChI=1S/C49H76N13O20/c1-22(2)15-27(50)40(73)56-29(12-13-36(67)68)42(75)57-31(18-37(69)70)41(74)54-20-35(66)55-28(7-6-14-53-49(51)52)43(76)62-39(24(5)64)47(80)59-30(16-23(3)4)44(77)61-34(21-63)46(79)58-32(19-38(71)72)45(78)60-33(48(81)82)17-25-8-10-26(65)11-9-25/h8-11,17,22-24,27-34,39,63-65H,6-7,12-16,18-21,50H2,1-5H3,(H,54,74)(H,55,66)(H,56,73)(H,57,75)(H,58,79)(H,59,80)(H,60,78)(H,61,77)(H,62,76)(H,67,68)(H,69,70)(H,71,72)(H,81,82)(H4,51,52,53)/q-1/p+2/t24-,27+,28+,29+,30+,31+,32+,33+,34+,39+/m1/s1. The molecule has 82 heavy (non-hydrogen) atoms. The maximum absolute atomic E-state index is 13.9. The molecule has 458 valence electrons. The lowest BCUT2D eigenvalue weighted by atomic mass is 10.0. The molecule has 0 aliphatic heterocycles. The van der Waals surface area contributed by atoms with Gasteiger partial charge in [-0.3, -0.25) is 78.8 Å². The number of aromatic hydroxyl groups is 1. The van der Waals surface area contributed by atoms with Crippen LogP contribution in [0.25, 0.3) is 0 Å². The number of benzene rings is 1. The molecule has 1 aromatic rings. The number of carboxylic acids is 4. The summed E-state index contributed by atoms with van der Waals surface area (Å²) in [5.74, 6) is -17.2. The number of carboxylic acid groups (broad SMARTS) is 4. The Morgan fingerprint density at radius 3 is 1.55 bits per heavy atom. The number of quaternary nitrogens is 1. The summed E-state index contributed by atoms with van der Waals surface area (Å²) in [6.07, 6.45) is -4.04. The van der Waals surface area contributed by atoms with E-state index in [0.717, 1.165) is 13.3 Å². The van der Waals surface area contributed by atoms with Gasteiger partial charge in [-0.1, -0.05) is 39.8 Å². The van der Waals surface area contributed by atoms with Crippen LogP contribution in [0.3, 0.4) is 0 Å². The second kappa shape index (κ2) is 35.7. The Bertz CT molecular complexity index is 2440. The lowest BCUT2D eigenvalue weighted by Crippen LogP contribution is -2.78. The van der Waals surface area contributed by atoms with E-state index in [1.807, 2.05) is 19.2 Å². The molecular weight excluding hydrogens is 1090 g/mol. The van der Waals surface area contributed by atoms with Crippen molar-refractivity contribution >= 4 is 83.0 Å². The third-order valence-corrected chi connectivity index (χ3v) is 11.5. The third-order valence-electron chi connectivity index (χ3n) is 11.5. The Morgan fingerprint density at radius 1 is 0.573 bits per heavy atom. The van der Waals surface area contributed by atoms with Crippen molar-refractivity contribution in [2.24, 2.45) is 23.3 Å². The van der Waals surface area contributed by atoms with Crippen molar-refractivity contribution in [3.8, 4) is 5.75 Å². The van der Waals surface area contributed by atoms with Crippen molar-refractivity contribution < 1.29 is 109 Å². The molecular formula is C49H78N13O20+. The van der Waals surface area contributed by atoms with Gasteiger partial charge in [-0.2, -0.15) is 24.1 Å². The van der Waals surface area contributed by atoms with E-state index in [4.69, 9.17) is 11.5 Å². The van der Waals surface area contributed by atoms with Crippen LogP contribution in [0.5, 0.6) is 5.75 Å². The van der Waals surface area contributed by atoms with E-state index in [0.29, 0.717) is 6.42 Å². The number of phenolic OH excluding ortho intramolecular Hbond substituents is 1. The van der Waals surface area contributed by atoms with Crippen molar-refractivity contribution in [1.29, 1.82) is 0 Å².